The minimum Gasteiger partial charge on any atom is -0.871 e. The van der Waals surface area contributed by atoms with Crippen molar-refractivity contribution in [2.75, 3.05) is 0 Å². The van der Waals surface area contributed by atoms with Crippen LogP contribution in [0.25, 0.3) is 0 Å². The van der Waals surface area contributed by atoms with Crippen LogP contribution >= 0.6 is 0 Å². The Balaban J connectivity index is 2.30. The van der Waals surface area contributed by atoms with Gasteiger partial charge in [-0.05, 0) is 35.7 Å². The van der Waals surface area contributed by atoms with Crippen molar-refractivity contribution in [2.24, 2.45) is 10.2 Å². The molecule has 0 saturated heterocycles. The zero-order valence-corrected chi connectivity index (χ0v) is 12.1. The number of hydrogen-bond acceptors (Lipinski definition) is 6. The van der Waals surface area contributed by atoms with Gasteiger partial charge in [-0.1, -0.05) is 19.6 Å². The van der Waals surface area contributed by atoms with E-state index in [2.05, 4.69) is 10.2 Å². The van der Waals surface area contributed by atoms with Crippen molar-refractivity contribution in [3.8, 4) is 11.5 Å². The number of rotatable bonds is 4. The minimum atomic E-state index is -0.508. The van der Waals surface area contributed by atoms with E-state index in [0.29, 0.717) is 11.3 Å². The number of benzene rings is 2. The molecule has 0 aromatic heterocycles. The van der Waals surface area contributed by atoms with Crippen LogP contribution < -0.4 is 5.11 Å². The molecule has 0 radical (unpaired) electrons. The van der Waals surface area contributed by atoms with Gasteiger partial charge in [-0.15, -0.1) is 0 Å². The van der Waals surface area contributed by atoms with Crippen molar-refractivity contribution in [3.63, 3.8) is 0 Å². The maximum atomic E-state index is 12.2. The third-order valence-corrected chi connectivity index (χ3v) is 3.06. The lowest BCUT2D eigenvalue weighted by atomic mass is 10.00. The topological polar surface area (TPSA) is 111 Å². The fourth-order valence-corrected chi connectivity index (χ4v) is 1.97. The summed E-state index contributed by atoms with van der Waals surface area (Å²) in [7, 11) is 0. The molecule has 2 rings (SSSR count). The highest BCUT2D eigenvalue weighted by Crippen LogP contribution is 2.39. The van der Waals surface area contributed by atoms with Crippen molar-refractivity contribution < 1.29 is 15.1 Å². The smallest absolute Gasteiger partial charge is 0.269 e. The van der Waals surface area contributed by atoms with Gasteiger partial charge in [-0.3, -0.25) is 10.1 Å². The fourth-order valence-electron chi connectivity index (χ4n) is 1.97. The number of hydrogen-bond donors (Lipinski definition) is 1. The Morgan fingerprint density at radius 3 is 2.27 bits per heavy atom. The summed E-state index contributed by atoms with van der Waals surface area (Å²) >= 11 is 0. The predicted molar refractivity (Wildman–Crippen MR) is 78.9 cm³/mol. The Morgan fingerprint density at radius 2 is 1.73 bits per heavy atom. The molecule has 0 amide bonds. The number of phenols is 1. The van der Waals surface area contributed by atoms with Gasteiger partial charge in [-0.2, -0.15) is 10.2 Å². The molecule has 7 heteroatoms. The first-order valence-corrected chi connectivity index (χ1v) is 6.59. The van der Waals surface area contributed by atoms with Gasteiger partial charge < -0.3 is 10.2 Å². The van der Waals surface area contributed by atoms with E-state index in [1.807, 2.05) is 0 Å². The molecule has 0 aliphatic carbocycles. The lowest BCUT2D eigenvalue weighted by molar-refractivity contribution is -0.384. The number of aromatic hydroxyl groups is 1. The first-order valence-electron chi connectivity index (χ1n) is 6.59. The number of azo groups is 1. The van der Waals surface area contributed by atoms with Crippen molar-refractivity contribution >= 4 is 17.1 Å². The molecule has 0 unspecified atom stereocenters. The lowest BCUT2D eigenvalue weighted by Crippen LogP contribution is -1.99. The van der Waals surface area contributed by atoms with Gasteiger partial charge in [0.15, 0.2) is 0 Å². The van der Waals surface area contributed by atoms with Gasteiger partial charge >= 0.3 is 0 Å². The summed E-state index contributed by atoms with van der Waals surface area (Å²) in [4.78, 5) is 10.0. The normalized spacial score (nSPS) is 11.2. The third-order valence-electron chi connectivity index (χ3n) is 3.06. The molecule has 0 saturated carbocycles. The van der Waals surface area contributed by atoms with E-state index in [1.165, 1.54) is 36.4 Å². The summed E-state index contributed by atoms with van der Waals surface area (Å²) in [6.07, 6.45) is 0. The quantitative estimate of drug-likeness (QED) is 0.524. The van der Waals surface area contributed by atoms with E-state index < -0.39 is 4.92 Å². The van der Waals surface area contributed by atoms with Crippen LogP contribution in [0.2, 0.25) is 0 Å². The standard InChI is InChI=1S/C15H15N3O4/c1-9(2)14-13(19)8-7-12(15(14)20)17-16-10-3-5-11(6-4-10)18(21)22/h3-9,19-20H,1-2H3/p-1. The second-order valence-corrected chi connectivity index (χ2v) is 4.97. The molecule has 2 aromatic carbocycles. The summed E-state index contributed by atoms with van der Waals surface area (Å²) in [5, 5.41) is 40.2. The van der Waals surface area contributed by atoms with Crippen LogP contribution in [0.5, 0.6) is 11.5 Å². The van der Waals surface area contributed by atoms with Crippen LogP contribution in [0.15, 0.2) is 46.6 Å². The molecular weight excluding hydrogens is 286 g/mol. The van der Waals surface area contributed by atoms with Gasteiger partial charge in [0, 0.05) is 12.1 Å². The fraction of sp³-hybridized carbons (Fsp3) is 0.200. The molecule has 0 bridgehead atoms. The van der Waals surface area contributed by atoms with Crippen molar-refractivity contribution in [3.05, 3.63) is 52.1 Å². The van der Waals surface area contributed by atoms with E-state index in [-0.39, 0.29) is 28.8 Å². The summed E-state index contributed by atoms with van der Waals surface area (Å²) < 4.78 is 0. The van der Waals surface area contributed by atoms with Crippen molar-refractivity contribution in [1.82, 2.24) is 0 Å². The maximum Gasteiger partial charge on any atom is 0.269 e. The van der Waals surface area contributed by atoms with Gasteiger partial charge in [0.1, 0.15) is 5.75 Å². The maximum absolute atomic E-state index is 12.2. The number of nitrogens with zero attached hydrogens (tertiary/aromatic N) is 3. The average Bonchev–Trinajstić information content (AvgIpc) is 2.46. The van der Waals surface area contributed by atoms with Crippen LogP contribution in [-0.2, 0) is 0 Å². The molecular formula is C15H14N3O4-. The third kappa shape index (κ3) is 3.20. The Bertz CT molecular complexity index is 724. The summed E-state index contributed by atoms with van der Waals surface area (Å²) in [6, 6.07) is 8.29. The molecule has 114 valence electrons. The van der Waals surface area contributed by atoms with E-state index in [4.69, 9.17) is 0 Å². The molecule has 0 aliphatic heterocycles. The monoisotopic (exact) mass is 300 g/mol. The van der Waals surface area contributed by atoms with E-state index in [9.17, 15) is 20.3 Å². The van der Waals surface area contributed by atoms with Crippen LogP contribution in [0, 0.1) is 10.1 Å². The molecule has 0 spiro atoms. The Hall–Kier alpha value is -2.96. The largest absolute Gasteiger partial charge is 0.871 e. The number of phenolic OH excluding ortho intramolecular Hbond substituents is 1. The number of nitro benzene ring substituents is 1. The van der Waals surface area contributed by atoms with Crippen LogP contribution in [0.4, 0.5) is 17.1 Å². The van der Waals surface area contributed by atoms with Crippen LogP contribution in [-0.4, -0.2) is 10.0 Å². The molecule has 0 aliphatic rings. The molecule has 0 fully saturated rings. The SMILES string of the molecule is CC(C)c1c(O)ccc(N=Nc2ccc([N+](=O)[O-])cc2)c1[O-]. The second kappa shape index (κ2) is 6.21. The van der Waals surface area contributed by atoms with Crippen molar-refractivity contribution in [1.29, 1.82) is 0 Å². The molecule has 22 heavy (non-hydrogen) atoms. The minimum absolute atomic E-state index is 0.0461. The zero-order chi connectivity index (χ0) is 16.3. The highest BCUT2D eigenvalue weighted by atomic mass is 16.6. The van der Waals surface area contributed by atoms with E-state index in [0.717, 1.165) is 0 Å². The molecule has 7 nitrogen and oxygen atoms in total. The van der Waals surface area contributed by atoms with E-state index >= 15 is 0 Å². The Labute approximate surface area is 126 Å². The average molecular weight is 300 g/mol. The predicted octanol–water partition coefficient (Wildman–Crippen LogP) is 3.91. The van der Waals surface area contributed by atoms with Crippen molar-refractivity contribution in [2.45, 2.75) is 19.8 Å². The van der Waals surface area contributed by atoms with Gasteiger partial charge in [-0.25, -0.2) is 0 Å². The molecule has 1 N–H and O–H groups in total. The number of non-ortho nitro benzene ring substituents is 1. The second-order valence-electron chi connectivity index (χ2n) is 4.97. The van der Waals surface area contributed by atoms with Crippen LogP contribution in [0.1, 0.15) is 25.3 Å². The zero-order valence-electron chi connectivity index (χ0n) is 12.1. The van der Waals surface area contributed by atoms with Gasteiger partial charge in [0.25, 0.3) is 5.69 Å². The summed E-state index contributed by atoms with van der Waals surface area (Å²) in [5.41, 5.74) is 0.749. The van der Waals surface area contributed by atoms with Gasteiger partial charge in [0.2, 0.25) is 0 Å². The summed E-state index contributed by atoms with van der Waals surface area (Å²) in [6.45, 7) is 3.60. The van der Waals surface area contributed by atoms with E-state index in [1.54, 1.807) is 13.8 Å². The highest BCUT2D eigenvalue weighted by molar-refractivity contribution is 5.60. The first-order chi connectivity index (χ1) is 10.4. The molecule has 0 atom stereocenters. The lowest BCUT2D eigenvalue weighted by Gasteiger charge is -2.19. The van der Waals surface area contributed by atoms with Crippen LogP contribution in [0.3, 0.4) is 0 Å². The first kappa shape index (κ1) is 15.4. The molecule has 2 aromatic rings. The van der Waals surface area contributed by atoms with Gasteiger partial charge in [0.05, 0.1) is 16.3 Å². The highest BCUT2D eigenvalue weighted by Gasteiger charge is 2.09. The Kier molecular flexibility index (Phi) is 4.36. The number of nitro groups is 1. The molecule has 0 heterocycles. The summed E-state index contributed by atoms with van der Waals surface area (Å²) in [5.74, 6) is -0.572. The Morgan fingerprint density at radius 1 is 1.09 bits per heavy atom.